The fourth-order valence-electron chi connectivity index (χ4n) is 1.19. The molecule has 4 heteroatoms. The molecule has 1 aromatic heterocycles. The van der Waals surface area contributed by atoms with Gasteiger partial charge in [0.2, 0.25) is 5.88 Å². The molecule has 0 unspecified atom stereocenters. The van der Waals surface area contributed by atoms with E-state index in [2.05, 4.69) is 27.6 Å². The van der Waals surface area contributed by atoms with Crippen LogP contribution in [0.5, 0.6) is 11.6 Å². The van der Waals surface area contributed by atoms with Gasteiger partial charge in [0.05, 0.1) is 0 Å². The van der Waals surface area contributed by atoms with Crippen LogP contribution in [-0.4, -0.2) is 4.98 Å². The zero-order valence-corrected chi connectivity index (χ0v) is 10.4. The Kier molecular flexibility index (Phi) is 3.37. The fraction of sp³-hybridized carbons (Fsp3) is 0. The van der Waals surface area contributed by atoms with Gasteiger partial charge >= 0.3 is 0 Å². The van der Waals surface area contributed by atoms with Crippen LogP contribution in [0.2, 0.25) is 0 Å². The minimum Gasteiger partial charge on any atom is -0.439 e. The minimum absolute atomic E-state index is 0.350. The summed E-state index contributed by atoms with van der Waals surface area (Å²) in [6.45, 7) is 0. The minimum atomic E-state index is 0.350. The maximum absolute atomic E-state index is 8.70. The first-order valence-electron chi connectivity index (χ1n) is 4.58. The van der Waals surface area contributed by atoms with Gasteiger partial charge in [0.1, 0.15) is 17.5 Å². The summed E-state index contributed by atoms with van der Waals surface area (Å²) >= 11 is 2.21. The van der Waals surface area contributed by atoms with Gasteiger partial charge in [-0.15, -0.1) is 0 Å². The number of aromatic nitrogens is 1. The average Bonchev–Trinajstić information content (AvgIpc) is 2.29. The highest BCUT2D eigenvalue weighted by atomic mass is 127. The van der Waals surface area contributed by atoms with Gasteiger partial charge in [-0.1, -0.05) is 12.1 Å². The number of rotatable bonds is 2. The Labute approximate surface area is 107 Å². The van der Waals surface area contributed by atoms with Gasteiger partial charge in [-0.05, 0) is 46.9 Å². The summed E-state index contributed by atoms with van der Waals surface area (Å²) in [5, 5.41) is 8.70. The molecular weight excluding hydrogens is 315 g/mol. The summed E-state index contributed by atoms with van der Waals surface area (Å²) in [4.78, 5) is 4.03. The summed E-state index contributed by atoms with van der Waals surface area (Å²) in [6.07, 6.45) is 0. The Morgan fingerprint density at radius 1 is 1.19 bits per heavy atom. The van der Waals surface area contributed by atoms with E-state index < -0.39 is 0 Å². The first-order chi connectivity index (χ1) is 7.78. The van der Waals surface area contributed by atoms with Gasteiger partial charge in [-0.25, -0.2) is 4.98 Å². The van der Waals surface area contributed by atoms with Gasteiger partial charge in [0.15, 0.2) is 0 Å². The molecule has 0 atom stereocenters. The highest BCUT2D eigenvalue weighted by Crippen LogP contribution is 2.21. The van der Waals surface area contributed by atoms with Crippen LogP contribution in [0.15, 0.2) is 42.5 Å². The third-order valence-corrected chi connectivity index (χ3v) is 2.53. The molecule has 78 valence electrons. The molecule has 0 spiro atoms. The van der Waals surface area contributed by atoms with Crippen LogP contribution in [0.3, 0.4) is 0 Å². The molecule has 3 nitrogen and oxygen atoms in total. The van der Waals surface area contributed by atoms with Crippen molar-refractivity contribution in [2.45, 2.75) is 0 Å². The molecule has 0 aliphatic heterocycles. The number of benzene rings is 1. The molecular formula is C12H7IN2O. The second-order valence-electron chi connectivity index (χ2n) is 3.03. The first kappa shape index (κ1) is 10.9. The van der Waals surface area contributed by atoms with Gasteiger partial charge in [-0.2, -0.15) is 5.26 Å². The van der Waals surface area contributed by atoms with E-state index in [4.69, 9.17) is 10.00 Å². The summed E-state index contributed by atoms with van der Waals surface area (Å²) in [7, 11) is 0. The number of hydrogen-bond donors (Lipinski definition) is 0. The van der Waals surface area contributed by atoms with E-state index in [0.717, 1.165) is 9.32 Å². The molecule has 2 aromatic rings. The number of nitrogens with zero attached hydrogens (tertiary/aromatic N) is 2. The van der Waals surface area contributed by atoms with Crippen LogP contribution < -0.4 is 4.74 Å². The number of halogens is 1. The topological polar surface area (TPSA) is 45.9 Å². The van der Waals surface area contributed by atoms with Crippen molar-refractivity contribution >= 4 is 22.6 Å². The SMILES string of the molecule is N#Cc1cccc(Oc2cccc(I)c2)n1. The van der Waals surface area contributed by atoms with Gasteiger partial charge < -0.3 is 4.74 Å². The van der Waals surface area contributed by atoms with Crippen LogP contribution in [0.4, 0.5) is 0 Å². The van der Waals surface area contributed by atoms with Gasteiger partial charge in [0.25, 0.3) is 0 Å². The molecule has 1 heterocycles. The van der Waals surface area contributed by atoms with Gasteiger partial charge in [-0.3, -0.25) is 0 Å². The molecule has 0 saturated heterocycles. The lowest BCUT2D eigenvalue weighted by Crippen LogP contribution is -1.89. The van der Waals surface area contributed by atoms with Crippen LogP contribution in [0.1, 0.15) is 5.69 Å². The summed E-state index contributed by atoms with van der Waals surface area (Å²) in [5.41, 5.74) is 0.350. The Morgan fingerprint density at radius 2 is 2.00 bits per heavy atom. The molecule has 0 fully saturated rings. The van der Waals surface area contributed by atoms with Crippen molar-refractivity contribution in [3.8, 4) is 17.7 Å². The third kappa shape index (κ3) is 2.70. The van der Waals surface area contributed by atoms with Crippen molar-refractivity contribution in [3.63, 3.8) is 0 Å². The molecule has 2 rings (SSSR count). The molecule has 0 radical (unpaired) electrons. The van der Waals surface area contributed by atoms with E-state index in [-0.39, 0.29) is 0 Å². The Morgan fingerprint density at radius 3 is 2.75 bits per heavy atom. The largest absolute Gasteiger partial charge is 0.439 e. The molecule has 0 saturated carbocycles. The molecule has 16 heavy (non-hydrogen) atoms. The van der Waals surface area contributed by atoms with Crippen molar-refractivity contribution in [2.75, 3.05) is 0 Å². The highest BCUT2D eigenvalue weighted by Gasteiger charge is 2.00. The quantitative estimate of drug-likeness (QED) is 0.797. The van der Waals surface area contributed by atoms with Crippen molar-refractivity contribution in [1.29, 1.82) is 5.26 Å². The van der Waals surface area contributed by atoms with Crippen LogP contribution in [0.25, 0.3) is 0 Å². The lowest BCUT2D eigenvalue weighted by atomic mass is 10.3. The average molecular weight is 322 g/mol. The third-order valence-electron chi connectivity index (χ3n) is 1.86. The second-order valence-corrected chi connectivity index (χ2v) is 4.28. The monoisotopic (exact) mass is 322 g/mol. The molecule has 0 amide bonds. The van der Waals surface area contributed by atoms with E-state index in [0.29, 0.717) is 11.6 Å². The zero-order valence-electron chi connectivity index (χ0n) is 8.22. The lowest BCUT2D eigenvalue weighted by Gasteiger charge is -2.04. The van der Waals surface area contributed by atoms with Crippen molar-refractivity contribution in [1.82, 2.24) is 4.98 Å². The highest BCUT2D eigenvalue weighted by molar-refractivity contribution is 14.1. The van der Waals surface area contributed by atoms with Crippen molar-refractivity contribution in [2.24, 2.45) is 0 Å². The second kappa shape index (κ2) is 4.94. The lowest BCUT2D eigenvalue weighted by molar-refractivity contribution is 0.462. The summed E-state index contributed by atoms with van der Waals surface area (Å²) < 4.78 is 6.62. The van der Waals surface area contributed by atoms with Crippen molar-refractivity contribution in [3.05, 3.63) is 51.7 Å². The van der Waals surface area contributed by atoms with Crippen LogP contribution >= 0.6 is 22.6 Å². The molecule has 0 N–H and O–H groups in total. The van der Waals surface area contributed by atoms with Crippen LogP contribution in [-0.2, 0) is 0 Å². The Balaban J connectivity index is 2.24. The van der Waals surface area contributed by atoms with Crippen LogP contribution in [0, 0.1) is 14.9 Å². The smallest absolute Gasteiger partial charge is 0.220 e. The van der Waals surface area contributed by atoms with Gasteiger partial charge in [0, 0.05) is 9.64 Å². The maximum Gasteiger partial charge on any atom is 0.220 e. The standard InChI is InChI=1S/C12H7IN2O/c13-9-3-1-5-11(7-9)16-12-6-2-4-10(8-14)15-12/h1-7H. The Bertz CT molecular complexity index is 549. The normalized spacial score (nSPS) is 9.50. The van der Waals surface area contributed by atoms with E-state index in [9.17, 15) is 0 Å². The molecule has 0 aliphatic rings. The zero-order chi connectivity index (χ0) is 11.4. The van der Waals surface area contributed by atoms with E-state index >= 15 is 0 Å². The fourth-order valence-corrected chi connectivity index (χ4v) is 1.70. The first-order valence-corrected chi connectivity index (χ1v) is 5.66. The van der Waals surface area contributed by atoms with Crippen molar-refractivity contribution < 1.29 is 4.74 Å². The summed E-state index contributed by atoms with van der Waals surface area (Å²) in [5.74, 6) is 1.15. The number of nitriles is 1. The summed E-state index contributed by atoms with van der Waals surface area (Å²) in [6, 6.07) is 14.7. The van der Waals surface area contributed by atoms with E-state index in [1.165, 1.54) is 0 Å². The predicted octanol–water partition coefficient (Wildman–Crippen LogP) is 3.35. The van der Waals surface area contributed by atoms with E-state index in [1.54, 1.807) is 18.2 Å². The molecule has 1 aromatic carbocycles. The number of hydrogen-bond acceptors (Lipinski definition) is 3. The Hall–Kier alpha value is -1.61. The van der Waals surface area contributed by atoms with E-state index in [1.807, 2.05) is 30.3 Å². The number of pyridine rings is 1. The molecule has 0 bridgehead atoms. The number of ether oxygens (including phenoxy) is 1. The molecule has 0 aliphatic carbocycles. The maximum atomic E-state index is 8.70. The predicted molar refractivity (Wildman–Crippen MR) is 68.2 cm³/mol.